The van der Waals surface area contributed by atoms with Crippen LogP contribution in [0.1, 0.15) is 34.6 Å². The molecule has 2 fully saturated rings. The monoisotopic (exact) mass is 322 g/mol. The molecule has 4 rings (SSSR count). The fourth-order valence-corrected chi connectivity index (χ4v) is 3.30. The maximum Gasteiger partial charge on any atom is 0.340 e. The van der Waals surface area contributed by atoms with Crippen LogP contribution < -0.4 is 10.6 Å². The summed E-state index contributed by atoms with van der Waals surface area (Å²) in [6.45, 7) is 3.97. The van der Waals surface area contributed by atoms with E-state index in [1.54, 1.807) is 0 Å². The van der Waals surface area contributed by atoms with E-state index in [1.807, 2.05) is 62.4 Å². The summed E-state index contributed by atoms with van der Waals surface area (Å²) < 4.78 is 0. The van der Waals surface area contributed by atoms with E-state index < -0.39 is 12.3 Å². The molecule has 0 aromatic heterocycles. The zero-order valence-corrected chi connectivity index (χ0v) is 13.5. The van der Waals surface area contributed by atoms with Crippen molar-refractivity contribution >= 4 is 12.1 Å². The average molecular weight is 322 g/mol. The molecule has 2 aromatic rings. The van der Waals surface area contributed by atoms with Crippen LogP contribution in [0.2, 0.25) is 0 Å². The molecule has 2 saturated heterocycles. The number of benzene rings is 2. The fraction of sp³-hybridized carbons (Fsp3) is 0.222. The third-order valence-corrected chi connectivity index (χ3v) is 4.37. The van der Waals surface area contributed by atoms with E-state index in [1.165, 1.54) is 10.0 Å². The van der Waals surface area contributed by atoms with E-state index in [0.29, 0.717) is 0 Å². The van der Waals surface area contributed by atoms with E-state index >= 15 is 0 Å². The lowest BCUT2D eigenvalue weighted by molar-refractivity contribution is 0.0671. The smallest absolute Gasteiger partial charge is 0.310 e. The van der Waals surface area contributed by atoms with Gasteiger partial charge in [-0.3, -0.25) is 0 Å². The number of hydrazine groups is 1. The SMILES string of the molecule is Cc1cccc([C@H]2NC(=O)N3[C@@H](c4cccc(C)c4)NC(=O)N23)c1. The first-order chi connectivity index (χ1) is 11.5. The van der Waals surface area contributed by atoms with Gasteiger partial charge in [0.2, 0.25) is 0 Å². The number of nitrogens with zero attached hydrogens (tertiary/aromatic N) is 2. The molecule has 2 heterocycles. The number of aryl methyl sites for hydroxylation is 2. The number of carbonyl (C=O) groups excluding carboxylic acids is 2. The summed E-state index contributed by atoms with van der Waals surface area (Å²) in [7, 11) is 0. The number of nitrogens with one attached hydrogen (secondary N) is 2. The molecule has 122 valence electrons. The Morgan fingerprint density at radius 2 is 1.17 bits per heavy atom. The summed E-state index contributed by atoms with van der Waals surface area (Å²) in [5, 5.41) is 8.72. The molecule has 2 aliphatic heterocycles. The first-order valence-electron chi connectivity index (χ1n) is 7.87. The molecule has 0 spiro atoms. The second-order valence-electron chi connectivity index (χ2n) is 6.22. The summed E-state index contributed by atoms with van der Waals surface area (Å²) in [4.78, 5) is 25.0. The van der Waals surface area contributed by atoms with Crippen LogP contribution >= 0.6 is 0 Å². The van der Waals surface area contributed by atoms with E-state index in [4.69, 9.17) is 0 Å². The topological polar surface area (TPSA) is 64.7 Å². The predicted molar refractivity (Wildman–Crippen MR) is 88.6 cm³/mol. The molecule has 0 bridgehead atoms. The summed E-state index contributed by atoms with van der Waals surface area (Å²) in [6, 6.07) is 15.0. The summed E-state index contributed by atoms with van der Waals surface area (Å²) in [5.74, 6) is 0. The zero-order valence-electron chi connectivity index (χ0n) is 13.5. The maximum absolute atomic E-state index is 12.5. The standard InChI is InChI=1S/C18H18N4O2/c1-11-5-3-7-13(9-11)15-19-17(23)22-16(20-18(24)21(15)22)14-8-4-6-12(2)10-14/h3-10,15-16H,1-2H3,(H,19,23)(H,20,24)/t15-,16-/m0/s1. The van der Waals surface area contributed by atoms with E-state index in [-0.39, 0.29) is 12.1 Å². The molecule has 2 aromatic carbocycles. The van der Waals surface area contributed by atoms with Gasteiger partial charge in [-0.2, -0.15) is 0 Å². The Balaban J connectivity index is 1.72. The van der Waals surface area contributed by atoms with Crippen molar-refractivity contribution in [1.82, 2.24) is 20.7 Å². The molecule has 0 aliphatic carbocycles. The first kappa shape index (κ1) is 14.6. The Morgan fingerprint density at radius 3 is 1.54 bits per heavy atom. The third-order valence-electron chi connectivity index (χ3n) is 4.37. The maximum atomic E-state index is 12.5. The molecular formula is C18H18N4O2. The highest BCUT2D eigenvalue weighted by molar-refractivity contribution is 5.88. The number of carbonyl (C=O) groups is 2. The van der Waals surface area contributed by atoms with E-state index in [2.05, 4.69) is 10.6 Å². The predicted octanol–water partition coefficient (Wildman–Crippen LogP) is 2.97. The molecule has 2 aliphatic rings. The lowest BCUT2D eigenvalue weighted by atomic mass is 10.1. The quantitative estimate of drug-likeness (QED) is 0.893. The van der Waals surface area contributed by atoms with Crippen LogP contribution in [0.5, 0.6) is 0 Å². The van der Waals surface area contributed by atoms with Crippen molar-refractivity contribution in [2.75, 3.05) is 0 Å². The summed E-state index contributed by atoms with van der Waals surface area (Å²) in [6.07, 6.45) is -0.987. The van der Waals surface area contributed by atoms with E-state index in [9.17, 15) is 9.59 Å². The van der Waals surface area contributed by atoms with Crippen LogP contribution in [0.4, 0.5) is 9.59 Å². The van der Waals surface area contributed by atoms with Gasteiger partial charge in [0.25, 0.3) is 0 Å². The number of hydrogen-bond donors (Lipinski definition) is 2. The molecule has 0 radical (unpaired) electrons. The Labute approximate surface area is 140 Å². The number of fused-ring (bicyclic) bond motifs is 1. The van der Waals surface area contributed by atoms with Gasteiger partial charge >= 0.3 is 12.1 Å². The van der Waals surface area contributed by atoms with Crippen molar-refractivity contribution in [2.45, 2.75) is 26.2 Å². The van der Waals surface area contributed by atoms with Gasteiger partial charge in [-0.25, -0.2) is 19.6 Å². The lowest BCUT2D eigenvalue weighted by Gasteiger charge is -2.24. The van der Waals surface area contributed by atoms with Crippen LogP contribution in [0.15, 0.2) is 48.5 Å². The number of rotatable bonds is 2. The van der Waals surface area contributed by atoms with Crippen LogP contribution in [-0.2, 0) is 0 Å². The van der Waals surface area contributed by atoms with Gasteiger partial charge in [0, 0.05) is 0 Å². The highest BCUT2D eigenvalue weighted by atomic mass is 16.2. The Bertz CT molecular complexity index is 766. The van der Waals surface area contributed by atoms with Crippen molar-refractivity contribution in [3.05, 3.63) is 70.8 Å². The normalized spacial score (nSPS) is 22.4. The van der Waals surface area contributed by atoms with Gasteiger partial charge in [0.15, 0.2) is 12.3 Å². The zero-order chi connectivity index (χ0) is 16.8. The molecule has 24 heavy (non-hydrogen) atoms. The van der Waals surface area contributed by atoms with Crippen LogP contribution in [0, 0.1) is 13.8 Å². The van der Waals surface area contributed by atoms with Crippen molar-refractivity contribution in [3.63, 3.8) is 0 Å². The van der Waals surface area contributed by atoms with Crippen molar-refractivity contribution in [1.29, 1.82) is 0 Å². The third kappa shape index (κ3) is 2.19. The molecule has 6 heteroatoms. The minimum atomic E-state index is -0.493. The Morgan fingerprint density at radius 1 is 0.750 bits per heavy atom. The molecule has 2 N–H and O–H groups in total. The highest BCUT2D eigenvalue weighted by Crippen LogP contribution is 2.36. The summed E-state index contributed by atoms with van der Waals surface area (Å²) >= 11 is 0. The minimum absolute atomic E-state index is 0.286. The molecule has 0 saturated carbocycles. The largest absolute Gasteiger partial charge is 0.340 e. The Hall–Kier alpha value is -3.02. The van der Waals surface area contributed by atoms with Crippen LogP contribution in [0.3, 0.4) is 0 Å². The van der Waals surface area contributed by atoms with E-state index in [0.717, 1.165) is 22.3 Å². The number of hydrogen-bond acceptors (Lipinski definition) is 2. The van der Waals surface area contributed by atoms with Gasteiger partial charge in [-0.15, -0.1) is 0 Å². The fourth-order valence-electron chi connectivity index (χ4n) is 3.30. The second-order valence-corrected chi connectivity index (χ2v) is 6.22. The molecule has 2 atom stereocenters. The van der Waals surface area contributed by atoms with Crippen LogP contribution in [-0.4, -0.2) is 22.1 Å². The number of amides is 4. The minimum Gasteiger partial charge on any atom is -0.310 e. The number of urea groups is 2. The van der Waals surface area contributed by atoms with Crippen molar-refractivity contribution < 1.29 is 9.59 Å². The van der Waals surface area contributed by atoms with Gasteiger partial charge < -0.3 is 10.6 Å². The molecule has 6 nitrogen and oxygen atoms in total. The van der Waals surface area contributed by atoms with Gasteiger partial charge in [-0.1, -0.05) is 59.7 Å². The van der Waals surface area contributed by atoms with Crippen LogP contribution in [0.25, 0.3) is 0 Å². The molecular weight excluding hydrogens is 304 g/mol. The molecule has 0 unspecified atom stereocenters. The lowest BCUT2D eigenvalue weighted by Crippen LogP contribution is -2.36. The van der Waals surface area contributed by atoms with Gasteiger partial charge in [0.1, 0.15) is 0 Å². The highest BCUT2D eigenvalue weighted by Gasteiger charge is 2.51. The molecule has 4 amide bonds. The first-order valence-corrected chi connectivity index (χ1v) is 7.87. The van der Waals surface area contributed by atoms with Crippen molar-refractivity contribution in [2.24, 2.45) is 0 Å². The van der Waals surface area contributed by atoms with Gasteiger partial charge in [0.05, 0.1) is 0 Å². The second kappa shape index (κ2) is 5.26. The Kier molecular flexibility index (Phi) is 3.19. The average Bonchev–Trinajstić information content (AvgIpc) is 3.07. The van der Waals surface area contributed by atoms with Crippen molar-refractivity contribution in [3.8, 4) is 0 Å². The summed E-state index contributed by atoms with van der Waals surface area (Å²) in [5.41, 5.74) is 3.92. The van der Waals surface area contributed by atoms with Gasteiger partial charge in [-0.05, 0) is 25.0 Å².